The molecule has 1 aliphatic rings. The summed E-state index contributed by atoms with van der Waals surface area (Å²) in [7, 11) is -3.51. The highest BCUT2D eigenvalue weighted by Crippen LogP contribution is 2.39. The molecule has 0 aromatic rings. The molecule has 0 aromatic carbocycles. The van der Waals surface area contributed by atoms with Gasteiger partial charge in [-0.3, -0.25) is 4.79 Å². The van der Waals surface area contributed by atoms with Crippen LogP contribution in [-0.2, 0) is 14.8 Å². The van der Waals surface area contributed by atoms with Crippen LogP contribution in [0, 0.1) is 5.41 Å². The van der Waals surface area contributed by atoms with Crippen LogP contribution in [0.5, 0.6) is 0 Å². The number of sulfonamides is 1. The van der Waals surface area contributed by atoms with Crippen molar-refractivity contribution in [2.24, 2.45) is 16.3 Å². The molecule has 1 saturated carbocycles. The quantitative estimate of drug-likeness (QED) is 0.539. The van der Waals surface area contributed by atoms with E-state index in [0.717, 1.165) is 19.3 Å². The van der Waals surface area contributed by atoms with Crippen LogP contribution in [0.25, 0.3) is 0 Å². The van der Waals surface area contributed by atoms with Gasteiger partial charge in [0.1, 0.15) is 0 Å². The number of hydrogen-bond donors (Lipinski definition) is 3. The lowest BCUT2D eigenvalue weighted by Gasteiger charge is -2.39. The molecule has 0 spiro atoms. The van der Waals surface area contributed by atoms with Crippen molar-refractivity contribution >= 4 is 15.9 Å². The Morgan fingerprint density at radius 3 is 2.33 bits per heavy atom. The average Bonchev–Trinajstić information content (AvgIpc) is 2.00. The molecule has 5 N–H and O–H groups in total. The monoisotopic (exact) mass is 235 g/mol. The maximum absolute atomic E-state index is 11.6. The van der Waals surface area contributed by atoms with Gasteiger partial charge < -0.3 is 11.1 Å². The number of primary sulfonamides is 1. The molecule has 6 nitrogen and oxygen atoms in total. The summed E-state index contributed by atoms with van der Waals surface area (Å²) >= 11 is 0. The predicted molar refractivity (Wildman–Crippen MR) is 56.3 cm³/mol. The summed E-state index contributed by atoms with van der Waals surface area (Å²) in [5.74, 6) is -0.390. The van der Waals surface area contributed by atoms with Crippen LogP contribution >= 0.6 is 0 Å². The summed E-state index contributed by atoms with van der Waals surface area (Å²) in [6.07, 6.45) is 2.56. The van der Waals surface area contributed by atoms with Gasteiger partial charge in [-0.05, 0) is 12.8 Å². The Balaban J connectivity index is 2.36. The van der Waals surface area contributed by atoms with E-state index in [0.29, 0.717) is 6.54 Å². The standard InChI is InChI=1S/C8H17N3O3S/c9-6-8(2-1-3-8)7(12)11-4-5-15(10,13)14/h1-6,9H2,(H,11,12)(H2,10,13,14). The molecule has 15 heavy (non-hydrogen) atoms. The minimum Gasteiger partial charge on any atom is -0.355 e. The van der Waals surface area contributed by atoms with Gasteiger partial charge in [0, 0.05) is 13.1 Å². The Kier molecular flexibility index (Phi) is 3.69. The second-order valence-electron chi connectivity index (χ2n) is 3.96. The number of carbonyl (C=O) groups is 1. The highest BCUT2D eigenvalue weighted by molar-refractivity contribution is 7.89. The van der Waals surface area contributed by atoms with E-state index in [9.17, 15) is 13.2 Å². The first-order chi connectivity index (χ1) is 6.90. The summed E-state index contributed by atoms with van der Waals surface area (Å²) in [4.78, 5) is 11.6. The number of rotatable bonds is 5. The number of amides is 1. The highest BCUT2D eigenvalue weighted by atomic mass is 32.2. The molecule has 0 saturated heterocycles. The third kappa shape index (κ3) is 3.15. The third-order valence-electron chi connectivity index (χ3n) is 2.86. The third-order valence-corrected chi connectivity index (χ3v) is 3.63. The van der Waals surface area contributed by atoms with Crippen LogP contribution in [0.3, 0.4) is 0 Å². The van der Waals surface area contributed by atoms with Crippen LogP contribution < -0.4 is 16.2 Å². The van der Waals surface area contributed by atoms with Crippen molar-refractivity contribution in [1.29, 1.82) is 0 Å². The van der Waals surface area contributed by atoms with Gasteiger partial charge in [0.15, 0.2) is 0 Å². The zero-order chi connectivity index (χ0) is 11.5. The van der Waals surface area contributed by atoms with E-state index >= 15 is 0 Å². The number of nitrogens with two attached hydrogens (primary N) is 2. The highest BCUT2D eigenvalue weighted by Gasteiger charge is 2.42. The zero-order valence-electron chi connectivity index (χ0n) is 8.53. The van der Waals surface area contributed by atoms with Gasteiger partial charge in [-0.25, -0.2) is 13.6 Å². The van der Waals surface area contributed by atoms with Crippen LogP contribution in [0.2, 0.25) is 0 Å². The lowest BCUT2D eigenvalue weighted by Crippen LogP contribution is -2.51. The number of hydrogen-bond acceptors (Lipinski definition) is 4. The fourth-order valence-corrected chi connectivity index (χ4v) is 2.01. The van der Waals surface area contributed by atoms with Crippen molar-refractivity contribution in [3.63, 3.8) is 0 Å². The maximum Gasteiger partial charge on any atom is 0.227 e. The first-order valence-corrected chi connectivity index (χ1v) is 6.60. The fraction of sp³-hybridized carbons (Fsp3) is 0.875. The molecule has 88 valence electrons. The average molecular weight is 235 g/mol. The van der Waals surface area contributed by atoms with Crippen molar-refractivity contribution in [3.05, 3.63) is 0 Å². The summed E-state index contributed by atoms with van der Waals surface area (Å²) in [5, 5.41) is 7.36. The smallest absolute Gasteiger partial charge is 0.227 e. The summed E-state index contributed by atoms with van der Waals surface area (Å²) < 4.78 is 21.2. The summed E-state index contributed by atoms with van der Waals surface area (Å²) in [6, 6.07) is 0. The van der Waals surface area contributed by atoms with E-state index in [4.69, 9.17) is 10.9 Å². The van der Waals surface area contributed by atoms with E-state index in [2.05, 4.69) is 5.32 Å². The Morgan fingerprint density at radius 1 is 1.40 bits per heavy atom. The number of carbonyl (C=O) groups excluding carboxylic acids is 1. The van der Waals surface area contributed by atoms with Gasteiger partial charge in [0.05, 0.1) is 11.2 Å². The largest absolute Gasteiger partial charge is 0.355 e. The van der Waals surface area contributed by atoms with Crippen molar-refractivity contribution in [2.45, 2.75) is 19.3 Å². The van der Waals surface area contributed by atoms with Gasteiger partial charge in [-0.2, -0.15) is 0 Å². The van der Waals surface area contributed by atoms with Gasteiger partial charge in [0.2, 0.25) is 15.9 Å². The van der Waals surface area contributed by atoms with Crippen LogP contribution in [0.1, 0.15) is 19.3 Å². The van der Waals surface area contributed by atoms with E-state index in [1.165, 1.54) is 0 Å². The van der Waals surface area contributed by atoms with Gasteiger partial charge in [0.25, 0.3) is 0 Å². The fourth-order valence-electron chi connectivity index (χ4n) is 1.62. The van der Waals surface area contributed by atoms with Crippen LogP contribution in [0.4, 0.5) is 0 Å². The van der Waals surface area contributed by atoms with E-state index < -0.39 is 15.4 Å². The van der Waals surface area contributed by atoms with Gasteiger partial charge in [-0.1, -0.05) is 6.42 Å². The molecular weight excluding hydrogens is 218 g/mol. The Labute approximate surface area is 89.4 Å². The Hall–Kier alpha value is -0.660. The van der Waals surface area contributed by atoms with Crippen molar-refractivity contribution in [1.82, 2.24) is 5.32 Å². The molecule has 0 atom stereocenters. The molecule has 0 bridgehead atoms. The first kappa shape index (κ1) is 12.4. The molecule has 0 unspecified atom stereocenters. The molecule has 0 radical (unpaired) electrons. The zero-order valence-corrected chi connectivity index (χ0v) is 9.35. The molecular formula is C8H17N3O3S. The van der Waals surface area contributed by atoms with Gasteiger partial charge >= 0.3 is 0 Å². The minimum atomic E-state index is -3.51. The molecule has 1 amide bonds. The Morgan fingerprint density at radius 2 is 2.00 bits per heavy atom. The van der Waals surface area contributed by atoms with Crippen molar-refractivity contribution in [3.8, 4) is 0 Å². The molecule has 0 aliphatic heterocycles. The minimum absolute atomic E-state index is 0.0550. The molecule has 7 heteroatoms. The second-order valence-corrected chi connectivity index (χ2v) is 5.69. The summed E-state index contributed by atoms with van der Waals surface area (Å²) in [5.41, 5.74) is 5.06. The predicted octanol–water partition coefficient (Wildman–Crippen LogP) is -1.48. The van der Waals surface area contributed by atoms with Crippen LogP contribution in [0.15, 0.2) is 0 Å². The first-order valence-electron chi connectivity index (χ1n) is 4.88. The van der Waals surface area contributed by atoms with Crippen molar-refractivity contribution < 1.29 is 13.2 Å². The summed E-state index contributed by atoms with van der Waals surface area (Å²) in [6.45, 7) is 0.369. The van der Waals surface area contributed by atoms with Gasteiger partial charge in [-0.15, -0.1) is 0 Å². The topological polar surface area (TPSA) is 115 Å². The van der Waals surface area contributed by atoms with E-state index in [-0.39, 0.29) is 18.2 Å². The molecule has 1 rings (SSSR count). The lowest BCUT2D eigenvalue weighted by atomic mass is 9.68. The molecule has 1 fully saturated rings. The normalized spacial score (nSPS) is 19.3. The molecule has 1 aliphatic carbocycles. The van der Waals surface area contributed by atoms with Crippen LogP contribution in [-0.4, -0.2) is 33.2 Å². The number of nitrogens with one attached hydrogen (secondary N) is 1. The van der Waals surface area contributed by atoms with Crippen molar-refractivity contribution in [2.75, 3.05) is 18.8 Å². The SMILES string of the molecule is NCC1(C(=O)NCCS(N)(=O)=O)CCC1. The Bertz CT molecular complexity index is 330. The molecule has 0 aromatic heterocycles. The second kappa shape index (κ2) is 4.46. The van der Waals surface area contributed by atoms with E-state index in [1.54, 1.807) is 0 Å². The maximum atomic E-state index is 11.6. The molecule has 0 heterocycles. The lowest BCUT2D eigenvalue weighted by molar-refractivity contribution is -0.135. The van der Waals surface area contributed by atoms with E-state index in [1.807, 2.05) is 0 Å².